The quantitative estimate of drug-likeness (QED) is 0.590. The fourth-order valence-corrected chi connectivity index (χ4v) is 1.68. The smallest absolute Gasteiger partial charge is 0.241 e. The molecular weight excluding hydrogens is 208 g/mol. The van der Waals surface area contributed by atoms with Gasteiger partial charge in [0.1, 0.15) is 11.4 Å². The summed E-state index contributed by atoms with van der Waals surface area (Å²) in [4.78, 5) is 23.7. The van der Waals surface area contributed by atoms with Crippen LogP contribution in [-0.4, -0.2) is 45.9 Å². The van der Waals surface area contributed by atoms with E-state index in [4.69, 9.17) is 17.3 Å². The third-order valence-corrected chi connectivity index (χ3v) is 2.42. The molecule has 6 heteroatoms. The van der Waals surface area contributed by atoms with Gasteiger partial charge in [-0.3, -0.25) is 9.59 Å². The first-order chi connectivity index (χ1) is 6.43. The molecule has 0 spiro atoms. The van der Waals surface area contributed by atoms with E-state index < -0.39 is 23.4 Å². The topological polar surface area (TPSA) is 83.6 Å². The highest BCUT2D eigenvalue weighted by Crippen LogP contribution is 2.19. The van der Waals surface area contributed by atoms with E-state index in [2.05, 4.69) is 0 Å². The number of amides is 2. The van der Waals surface area contributed by atoms with Crippen molar-refractivity contribution < 1.29 is 14.7 Å². The number of rotatable bonds is 2. The van der Waals surface area contributed by atoms with Crippen molar-refractivity contribution in [1.29, 1.82) is 0 Å². The minimum absolute atomic E-state index is 0.128. The molecule has 3 N–H and O–H groups in total. The number of nitrogens with zero attached hydrogens (tertiary/aromatic N) is 1. The van der Waals surface area contributed by atoms with Crippen molar-refractivity contribution in [3.63, 3.8) is 0 Å². The average Bonchev–Trinajstić information content (AvgIpc) is 2.45. The van der Waals surface area contributed by atoms with Crippen molar-refractivity contribution in [3.8, 4) is 0 Å². The maximum absolute atomic E-state index is 11.5. The molecule has 0 aromatic heterocycles. The van der Waals surface area contributed by atoms with Gasteiger partial charge in [0, 0.05) is 13.0 Å². The fourth-order valence-electron chi connectivity index (χ4n) is 1.56. The Hall–Kier alpha value is -0.810. The molecule has 0 radical (unpaired) electrons. The van der Waals surface area contributed by atoms with E-state index in [9.17, 15) is 14.7 Å². The second-order valence-electron chi connectivity index (χ2n) is 3.41. The Balaban J connectivity index is 2.76. The number of carbonyl (C=O) groups is 2. The normalized spacial score (nSPS) is 28.9. The number of hydrogen-bond acceptors (Lipinski definition) is 3. The standard InChI is InChI=1S/C8H13ClN2O3/c1-4(9)8(14)11-3-5(12)2-6(11)7(10)13/h4-6,12H,2-3H2,1H3,(H2,10,13). The highest BCUT2D eigenvalue weighted by atomic mass is 35.5. The number of hydrogen-bond donors (Lipinski definition) is 2. The van der Waals surface area contributed by atoms with Gasteiger partial charge in [0.05, 0.1) is 6.10 Å². The second-order valence-corrected chi connectivity index (χ2v) is 4.07. The molecule has 1 heterocycles. The predicted molar refractivity (Wildman–Crippen MR) is 50.6 cm³/mol. The van der Waals surface area contributed by atoms with Crippen molar-refractivity contribution in [3.05, 3.63) is 0 Å². The van der Waals surface area contributed by atoms with Crippen molar-refractivity contribution in [2.45, 2.75) is 30.9 Å². The summed E-state index contributed by atoms with van der Waals surface area (Å²) in [6.45, 7) is 1.65. The van der Waals surface area contributed by atoms with Gasteiger partial charge in [0.2, 0.25) is 11.8 Å². The largest absolute Gasteiger partial charge is 0.391 e. The number of likely N-dealkylation sites (tertiary alicyclic amines) is 1. The summed E-state index contributed by atoms with van der Waals surface area (Å²) in [5.41, 5.74) is 5.10. The van der Waals surface area contributed by atoms with E-state index in [1.165, 1.54) is 11.8 Å². The van der Waals surface area contributed by atoms with Gasteiger partial charge in [-0.25, -0.2) is 0 Å². The van der Waals surface area contributed by atoms with E-state index in [0.29, 0.717) is 0 Å². The molecule has 14 heavy (non-hydrogen) atoms. The first kappa shape index (κ1) is 11.3. The maximum atomic E-state index is 11.5. The zero-order valence-electron chi connectivity index (χ0n) is 7.81. The molecule has 1 aliphatic heterocycles. The van der Waals surface area contributed by atoms with Crippen molar-refractivity contribution in [1.82, 2.24) is 4.90 Å². The van der Waals surface area contributed by atoms with Gasteiger partial charge < -0.3 is 15.7 Å². The molecule has 0 bridgehead atoms. The first-order valence-electron chi connectivity index (χ1n) is 4.35. The lowest BCUT2D eigenvalue weighted by atomic mass is 10.2. The number of aliphatic hydroxyl groups excluding tert-OH is 1. The Bertz CT molecular complexity index is 257. The highest BCUT2D eigenvalue weighted by molar-refractivity contribution is 6.30. The minimum atomic E-state index is -0.723. The van der Waals surface area contributed by atoms with Gasteiger partial charge >= 0.3 is 0 Å². The Morgan fingerprint density at radius 3 is 2.64 bits per heavy atom. The molecule has 1 saturated heterocycles. The number of nitrogens with two attached hydrogens (primary N) is 1. The van der Waals surface area contributed by atoms with Crippen LogP contribution in [-0.2, 0) is 9.59 Å². The Morgan fingerprint density at radius 1 is 1.64 bits per heavy atom. The van der Waals surface area contributed by atoms with Gasteiger partial charge in [-0.1, -0.05) is 0 Å². The van der Waals surface area contributed by atoms with Crippen LogP contribution in [0.3, 0.4) is 0 Å². The average molecular weight is 221 g/mol. The van der Waals surface area contributed by atoms with Crippen LogP contribution in [0.1, 0.15) is 13.3 Å². The van der Waals surface area contributed by atoms with Gasteiger partial charge in [0.25, 0.3) is 0 Å². The molecule has 0 saturated carbocycles. The predicted octanol–water partition coefficient (Wildman–Crippen LogP) is -0.939. The Kier molecular flexibility index (Phi) is 3.34. The minimum Gasteiger partial charge on any atom is -0.391 e. The monoisotopic (exact) mass is 220 g/mol. The molecule has 80 valence electrons. The van der Waals surface area contributed by atoms with Gasteiger partial charge in [-0.2, -0.15) is 0 Å². The highest BCUT2D eigenvalue weighted by Gasteiger charge is 2.38. The van der Waals surface area contributed by atoms with E-state index in [-0.39, 0.29) is 18.9 Å². The molecule has 5 nitrogen and oxygen atoms in total. The van der Waals surface area contributed by atoms with Crippen LogP contribution in [0.25, 0.3) is 0 Å². The second kappa shape index (κ2) is 4.14. The number of alkyl halides is 1. The van der Waals surface area contributed by atoms with Gasteiger partial charge in [-0.05, 0) is 6.92 Å². The molecule has 0 aromatic carbocycles. The van der Waals surface area contributed by atoms with E-state index >= 15 is 0 Å². The van der Waals surface area contributed by atoms with Crippen LogP contribution in [0, 0.1) is 0 Å². The van der Waals surface area contributed by atoms with Crippen LogP contribution < -0.4 is 5.73 Å². The number of halogens is 1. The first-order valence-corrected chi connectivity index (χ1v) is 4.79. The summed E-state index contributed by atoms with van der Waals surface area (Å²) >= 11 is 5.60. The van der Waals surface area contributed by atoms with Crippen molar-refractivity contribution >= 4 is 23.4 Å². The van der Waals surface area contributed by atoms with Crippen LogP contribution in [0.2, 0.25) is 0 Å². The molecule has 1 rings (SSSR count). The fraction of sp³-hybridized carbons (Fsp3) is 0.750. The summed E-state index contributed by atoms with van der Waals surface area (Å²) in [7, 11) is 0. The molecule has 1 aliphatic rings. The van der Waals surface area contributed by atoms with Crippen molar-refractivity contribution in [2.24, 2.45) is 5.73 Å². The van der Waals surface area contributed by atoms with Crippen LogP contribution in [0.4, 0.5) is 0 Å². The number of primary amides is 1. The molecule has 2 amide bonds. The van der Waals surface area contributed by atoms with Crippen LogP contribution >= 0.6 is 11.6 Å². The van der Waals surface area contributed by atoms with E-state index in [0.717, 1.165) is 0 Å². The lowest BCUT2D eigenvalue weighted by Gasteiger charge is -2.22. The van der Waals surface area contributed by atoms with Crippen LogP contribution in [0.5, 0.6) is 0 Å². The molecule has 1 fully saturated rings. The number of carbonyl (C=O) groups excluding carboxylic acids is 2. The Labute approximate surface area is 86.8 Å². The summed E-state index contributed by atoms with van der Waals surface area (Å²) in [6, 6.07) is -0.723. The zero-order chi connectivity index (χ0) is 10.9. The lowest BCUT2D eigenvalue weighted by molar-refractivity contribution is -0.136. The summed E-state index contributed by atoms with van der Waals surface area (Å²) < 4.78 is 0. The zero-order valence-corrected chi connectivity index (χ0v) is 8.57. The van der Waals surface area contributed by atoms with E-state index in [1.54, 1.807) is 0 Å². The maximum Gasteiger partial charge on any atom is 0.241 e. The summed E-state index contributed by atoms with van der Waals surface area (Å²) in [6.07, 6.45) is -0.489. The van der Waals surface area contributed by atoms with E-state index in [1.807, 2.05) is 0 Å². The molecular formula is C8H13ClN2O3. The third kappa shape index (κ3) is 2.16. The van der Waals surface area contributed by atoms with Gasteiger partial charge in [0.15, 0.2) is 0 Å². The summed E-state index contributed by atoms with van der Waals surface area (Å²) in [5.74, 6) is -0.973. The Morgan fingerprint density at radius 2 is 2.21 bits per heavy atom. The molecule has 0 aliphatic carbocycles. The summed E-state index contributed by atoms with van der Waals surface area (Å²) in [5, 5.41) is 8.60. The number of β-amino-alcohol motifs (C(OH)–C–C–N with tert-alkyl or cyclic N) is 1. The van der Waals surface area contributed by atoms with Gasteiger partial charge in [-0.15, -0.1) is 11.6 Å². The number of aliphatic hydroxyl groups is 1. The SMILES string of the molecule is CC(Cl)C(=O)N1CC(O)CC1C(N)=O. The molecule has 3 atom stereocenters. The molecule has 3 unspecified atom stereocenters. The molecule has 0 aromatic rings. The lowest BCUT2D eigenvalue weighted by Crippen LogP contribution is -2.46. The van der Waals surface area contributed by atoms with Crippen LogP contribution in [0.15, 0.2) is 0 Å². The van der Waals surface area contributed by atoms with Crippen molar-refractivity contribution in [2.75, 3.05) is 6.54 Å². The third-order valence-electron chi connectivity index (χ3n) is 2.23.